The molecular formula is C20H23BrN2O3S. The van der Waals surface area contributed by atoms with E-state index in [1.165, 1.54) is 11.2 Å². The van der Waals surface area contributed by atoms with E-state index in [-0.39, 0.29) is 16.8 Å². The minimum Gasteiger partial charge on any atom is -0.309 e. The van der Waals surface area contributed by atoms with Gasteiger partial charge in [0.05, 0.1) is 5.69 Å². The molecular weight excluding hydrogens is 428 g/mol. The third-order valence-electron chi connectivity index (χ3n) is 4.83. The molecule has 0 spiro atoms. The lowest BCUT2D eigenvalue weighted by Crippen LogP contribution is -2.34. The van der Waals surface area contributed by atoms with E-state index in [0.29, 0.717) is 28.8 Å². The number of fused-ring (bicyclic) bond motifs is 1. The predicted molar refractivity (Wildman–Crippen MR) is 112 cm³/mol. The molecule has 27 heavy (non-hydrogen) atoms. The summed E-state index contributed by atoms with van der Waals surface area (Å²) in [6.45, 7) is 7.52. The molecule has 7 heteroatoms. The van der Waals surface area contributed by atoms with Gasteiger partial charge < -0.3 is 4.90 Å². The van der Waals surface area contributed by atoms with Gasteiger partial charge in [0, 0.05) is 29.7 Å². The van der Waals surface area contributed by atoms with Crippen LogP contribution in [0.1, 0.15) is 31.9 Å². The normalized spacial score (nSPS) is 16.3. The second-order valence-electron chi connectivity index (χ2n) is 6.86. The zero-order valence-electron chi connectivity index (χ0n) is 15.9. The number of hydrogen-bond acceptors (Lipinski definition) is 3. The Balaban J connectivity index is 2.14. The van der Waals surface area contributed by atoms with Crippen molar-refractivity contribution in [1.29, 1.82) is 0 Å². The highest BCUT2D eigenvalue weighted by Crippen LogP contribution is 2.39. The maximum atomic E-state index is 13.4. The van der Waals surface area contributed by atoms with Crippen molar-refractivity contribution in [3.63, 3.8) is 0 Å². The number of benzene rings is 2. The molecule has 2 aromatic rings. The lowest BCUT2D eigenvalue weighted by Gasteiger charge is -2.25. The van der Waals surface area contributed by atoms with Gasteiger partial charge in [-0.05, 0) is 78.5 Å². The average molecular weight is 451 g/mol. The van der Waals surface area contributed by atoms with Gasteiger partial charge in [-0.2, -0.15) is 0 Å². The number of sulfonamides is 1. The number of carbonyl (C=O) groups is 1. The van der Waals surface area contributed by atoms with Crippen molar-refractivity contribution >= 4 is 43.2 Å². The molecule has 2 aromatic carbocycles. The molecule has 0 saturated heterocycles. The molecule has 1 aliphatic heterocycles. The van der Waals surface area contributed by atoms with Crippen molar-refractivity contribution < 1.29 is 13.2 Å². The highest BCUT2D eigenvalue weighted by molar-refractivity contribution is 9.10. The molecule has 3 rings (SSSR count). The Labute approximate surface area is 169 Å². The molecule has 1 amide bonds. The first-order chi connectivity index (χ1) is 12.7. The summed E-state index contributed by atoms with van der Waals surface area (Å²) in [6, 6.07) is 10.9. The second kappa shape index (κ2) is 7.28. The molecule has 0 unspecified atom stereocenters. The second-order valence-corrected chi connectivity index (χ2v) is 9.55. The monoisotopic (exact) mass is 450 g/mol. The van der Waals surface area contributed by atoms with Crippen LogP contribution in [0.15, 0.2) is 45.8 Å². The lowest BCUT2D eigenvalue weighted by atomic mass is 10.1. The molecule has 0 fully saturated rings. The maximum absolute atomic E-state index is 13.4. The van der Waals surface area contributed by atoms with Crippen LogP contribution >= 0.6 is 15.9 Å². The number of hydrogen-bond donors (Lipinski definition) is 0. The van der Waals surface area contributed by atoms with Crippen LogP contribution in [0.4, 0.5) is 11.4 Å². The molecule has 0 saturated carbocycles. The van der Waals surface area contributed by atoms with Gasteiger partial charge in [-0.3, -0.25) is 9.10 Å². The molecule has 144 valence electrons. The Morgan fingerprint density at radius 2 is 2.00 bits per heavy atom. The summed E-state index contributed by atoms with van der Waals surface area (Å²) in [5.41, 5.74) is 3.27. The van der Waals surface area contributed by atoms with Crippen LogP contribution < -0.4 is 9.21 Å². The molecule has 0 radical (unpaired) electrons. The standard InChI is InChI=1S/C20H23BrN2O3S/c1-5-22(17-8-6-7-13(2)9-17)27(25,26)20-12-19-16(11-18(20)21)10-14(3)23(19)15(4)24/h6-9,11-12,14H,5,10H2,1-4H3/t14-/m1/s1. The van der Waals surface area contributed by atoms with Crippen LogP contribution in [0.25, 0.3) is 0 Å². The Kier molecular flexibility index (Phi) is 5.36. The molecule has 0 bridgehead atoms. The van der Waals surface area contributed by atoms with E-state index in [4.69, 9.17) is 0 Å². The van der Waals surface area contributed by atoms with Crippen molar-refractivity contribution in [2.24, 2.45) is 0 Å². The molecule has 1 heterocycles. The third kappa shape index (κ3) is 3.50. The van der Waals surface area contributed by atoms with E-state index in [1.54, 1.807) is 17.0 Å². The van der Waals surface area contributed by atoms with Gasteiger partial charge in [0.15, 0.2) is 0 Å². The number of aryl methyl sites for hydroxylation is 1. The molecule has 5 nitrogen and oxygen atoms in total. The molecule has 1 atom stereocenters. The maximum Gasteiger partial charge on any atom is 0.265 e. The van der Waals surface area contributed by atoms with Crippen molar-refractivity contribution in [3.8, 4) is 0 Å². The third-order valence-corrected chi connectivity index (χ3v) is 7.69. The smallest absolute Gasteiger partial charge is 0.265 e. The first kappa shape index (κ1) is 19.9. The summed E-state index contributed by atoms with van der Waals surface area (Å²) in [7, 11) is -3.79. The summed E-state index contributed by atoms with van der Waals surface area (Å²) < 4.78 is 28.8. The van der Waals surface area contributed by atoms with Gasteiger partial charge in [-0.1, -0.05) is 12.1 Å². The molecule has 0 aromatic heterocycles. The summed E-state index contributed by atoms with van der Waals surface area (Å²) in [5, 5.41) is 0. The predicted octanol–water partition coefficient (Wildman–Crippen LogP) is 4.27. The highest BCUT2D eigenvalue weighted by Gasteiger charge is 2.33. The largest absolute Gasteiger partial charge is 0.309 e. The van der Waals surface area contributed by atoms with Gasteiger partial charge >= 0.3 is 0 Å². The van der Waals surface area contributed by atoms with Gasteiger partial charge in [0.1, 0.15) is 4.90 Å². The Morgan fingerprint density at radius 1 is 1.30 bits per heavy atom. The van der Waals surface area contributed by atoms with Crippen LogP contribution in [0, 0.1) is 6.92 Å². The van der Waals surface area contributed by atoms with Crippen molar-refractivity contribution in [2.75, 3.05) is 15.7 Å². The minimum absolute atomic E-state index is 0.0152. The number of rotatable bonds is 4. The van der Waals surface area contributed by atoms with Crippen LogP contribution in [-0.2, 0) is 21.2 Å². The summed E-state index contributed by atoms with van der Waals surface area (Å²) in [5.74, 6) is -0.0852. The van der Waals surface area contributed by atoms with Crippen molar-refractivity contribution in [1.82, 2.24) is 0 Å². The van der Waals surface area contributed by atoms with Crippen molar-refractivity contribution in [2.45, 2.75) is 45.1 Å². The van der Waals surface area contributed by atoms with E-state index in [1.807, 2.05) is 45.0 Å². The van der Waals surface area contributed by atoms with Crippen LogP contribution in [0.2, 0.25) is 0 Å². The summed E-state index contributed by atoms with van der Waals surface area (Å²) >= 11 is 3.44. The Morgan fingerprint density at radius 3 is 2.59 bits per heavy atom. The SMILES string of the molecule is CCN(c1cccc(C)c1)S(=O)(=O)c1cc2c(cc1Br)C[C@@H](C)N2C(C)=O. The number of carbonyl (C=O) groups excluding carboxylic acids is 1. The van der Waals surface area contributed by atoms with Gasteiger partial charge in [-0.15, -0.1) is 0 Å². The van der Waals surface area contributed by atoms with Gasteiger partial charge in [0.2, 0.25) is 5.91 Å². The zero-order valence-corrected chi connectivity index (χ0v) is 18.3. The fourth-order valence-corrected chi connectivity index (χ4v) is 6.23. The van der Waals surface area contributed by atoms with Gasteiger partial charge in [0.25, 0.3) is 10.0 Å². The van der Waals surface area contributed by atoms with Crippen LogP contribution in [0.5, 0.6) is 0 Å². The van der Waals surface area contributed by atoms with E-state index in [2.05, 4.69) is 15.9 Å². The molecule has 0 N–H and O–H groups in total. The minimum atomic E-state index is -3.79. The van der Waals surface area contributed by atoms with E-state index in [9.17, 15) is 13.2 Å². The highest BCUT2D eigenvalue weighted by atomic mass is 79.9. The van der Waals surface area contributed by atoms with E-state index < -0.39 is 10.0 Å². The average Bonchev–Trinajstić information content (AvgIpc) is 2.89. The molecule has 0 aliphatic carbocycles. The number of amides is 1. The molecule has 1 aliphatic rings. The van der Waals surface area contributed by atoms with Crippen LogP contribution in [-0.4, -0.2) is 26.9 Å². The first-order valence-electron chi connectivity index (χ1n) is 8.88. The topological polar surface area (TPSA) is 57.7 Å². The quantitative estimate of drug-likeness (QED) is 0.698. The van der Waals surface area contributed by atoms with Gasteiger partial charge in [-0.25, -0.2) is 8.42 Å². The Hall–Kier alpha value is -1.86. The van der Waals surface area contributed by atoms with Crippen LogP contribution in [0.3, 0.4) is 0 Å². The fourth-order valence-electron chi connectivity index (χ4n) is 3.69. The number of nitrogens with zero attached hydrogens (tertiary/aromatic N) is 2. The number of anilines is 2. The summed E-state index contributed by atoms with van der Waals surface area (Å²) in [4.78, 5) is 13.9. The Bertz CT molecular complexity index is 1000. The fraction of sp³-hybridized carbons (Fsp3) is 0.350. The van der Waals surface area contributed by atoms with E-state index >= 15 is 0 Å². The van der Waals surface area contributed by atoms with Crippen molar-refractivity contribution in [3.05, 3.63) is 52.0 Å². The summed E-state index contributed by atoms with van der Waals surface area (Å²) in [6.07, 6.45) is 0.712. The van der Waals surface area contributed by atoms with E-state index in [0.717, 1.165) is 11.1 Å². The first-order valence-corrected chi connectivity index (χ1v) is 11.1. The zero-order chi connectivity index (χ0) is 19.9. The number of halogens is 1. The lowest BCUT2D eigenvalue weighted by molar-refractivity contribution is -0.116.